The van der Waals surface area contributed by atoms with Gasteiger partial charge in [-0.05, 0) is 52.4 Å². The molecule has 1 saturated carbocycles. The van der Waals surface area contributed by atoms with Crippen LogP contribution in [0.2, 0.25) is 0 Å². The predicted octanol–water partition coefficient (Wildman–Crippen LogP) is 1.95. The fourth-order valence-corrected chi connectivity index (χ4v) is 4.20. The van der Waals surface area contributed by atoms with E-state index in [0.29, 0.717) is 18.9 Å². The van der Waals surface area contributed by atoms with Gasteiger partial charge in [-0.15, -0.1) is 0 Å². The molecule has 1 aliphatic heterocycles. The van der Waals surface area contributed by atoms with E-state index in [2.05, 4.69) is 15.2 Å². The Morgan fingerprint density at radius 1 is 1.15 bits per heavy atom. The van der Waals surface area contributed by atoms with Crippen LogP contribution in [0.5, 0.6) is 0 Å². The molecule has 8 nitrogen and oxygen atoms in total. The summed E-state index contributed by atoms with van der Waals surface area (Å²) < 4.78 is 5.58. The number of hydrogen-bond acceptors (Lipinski definition) is 5. The molecule has 1 aromatic heterocycles. The van der Waals surface area contributed by atoms with E-state index in [0.717, 1.165) is 38.5 Å². The molecule has 1 saturated heterocycles. The highest BCUT2D eigenvalue weighted by Crippen LogP contribution is 2.35. The zero-order chi connectivity index (χ0) is 19.6. The monoisotopic (exact) mass is 378 g/mol. The molecular weight excluding hydrogens is 348 g/mol. The highest BCUT2D eigenvalue weighted by Gasteiger charge is 2.42. The van der Waals surface area contributed by atoms with Crippen molar-refractivity contribution in [2.45, 2.75) is 70.8 Å². The number of carbonyl (C=O) groups is 2. The van der Waals surface area contributed by atoms with Crippen LogP contribution < -0.4 is 5.69 Å². The molecule has 1 unspecified atom stereocenters. The summed E-state index contributed by atoms with van der Waals surface area (Å²) in [5.74, 6) is -0.351. The van der Waals surface area contributed by atoms with Crippen molar-refractivity contribution < 1.29 is 14.3 Å². The van der Waals surface area contributed by atoms with Gasteiger partial charge in [0.25, 0.3) is 0 Å². The summed E-state index contributed by atoms with van der Waals surface area (Å²) in [5.41, 5.74) is -0.915. The van der Waals surface area contributed by atoms with Crippen LogP contribution in [-0.2, 0) is 14.3 Å². The molecule has 1 amide bonds. The van der Waals surface area contributed by atoms with Crippen LogP contribution in [0.15, 0.2) is 4.79 Å². The summed E-state index contributed by atoms with van der Waals surface area (Å²) in [6, 6.07) is 0. The molecule has 27 heavy (non-hydrogen) atoms. The van der Waals surface area contributed by atoms with E-state index >= 15 is 0 Å². The Morgan fingerprint density at radius 3 is 2.30 bits per heavy atom. The number of amides is 1. The third kappa shape index (κ3) is 4.78. The largest absolute Gasteiger partial charge is 0.459 e. The standard InChI is InChI=1S/C19H30N4O4/c1-19(2,3)27-17(25)14(12-6-4-5-7-12)16(24)23-10-8-13(9-11-23)15-20-18(26)22-21-15/h12-14H,4-11H2,1-3H3,(H2,20,21,22,26). The van der Waals surface area contributed by atoms with Crippen molar-refractivity contribution in [2.75, 3.05) is 13.1 Å². The minimum Gasteiger partial charge on any atom is -0.459 e. The van der Waals surface area contributed by atoms with Crippen LogP contribution in [0, 0.1) is 11.8 Å². The maximum Gasteiger partial charge on any atom is 0.340 e. The Labute approximate surface area is 159 Å². The zero-order valence-corrected chi connectivity index (χ0v) is 16.4. The summed E-state index contributed by atoms with van der Waals surface area (Å²) in [6.45, 7) is 6.61. The van der Waals surface area contributed by atoms with Gasteiger partial charge in [-0.2, -0.15) is 5.10 Å². The number of ether oxygens (including phenoxy) is 1. The van der Waals surface area contributed by atoms with Gasteiger partial charge in [0, 0.05) is 19.0 Å². The van der Waals surface area contributed by atoms with Crippen molar-refractivity contribution in [1.82, 2.24) is 20.1 Å². The summed E-state index contributed by atoms with van der Waals surface area (Å²) in [7, 11) is 0. The molecule has 8 heteroatoms. The highest BCUT2D eigenvalue weighted by molar-refractivity contribution is 5.98. The second-order valence-corrected chi connectivity index (χ2v) is 8.72. The Morgan fingerprint density at radius 2 is 1.78 bits per heavy atom. The molecule has 0 spiro atoms. The number of carbonyl (C=O) groups excluding carboxylic acids is 2. The van der Waals surface area contributed by atoms with E-state index in [1.807, 2.05) is 20.8 Å². The first-order valence-corrected chi connectivity index (χ1v) is 9.91. The lowest BCUT2D eigenvalue weighted by Gasteiger charge is -2.35. The second kappa shape index (κ2) is 7.86. The molecule has 2 heterocycles. The third-order valence-corrected chi connectivity index (χ3v) is 5.51. The van der Waals surface area contributed by atoms with Gasteiger partial charge in [-0.1, -0.05) is 12.8 Å². The first kappa shape index (κ1) is 19.6. The van der Waals surface area contributed by atoms with Crippen molar-refractivity contribution in [3.05, 3.63) is 16.3 Å². The molecule has 0 bridgehead atoms. The van der Waals surface area contributed by atoms with Crippen LogP contribution in [0.3, 0.4) is 0 Å². The van der Waals surface area contributed by atoms with E-state index in [1.165, 1.54) is 0 Å². The Hall–Kier alpha value is -2.12. The van der Waals surface area contributed by atoms with E-state index in [-0.39, 0.29) is 23.4 Å². The number of piperidine rings is 1. The lowest BCUT2D eigenvalue weighted by atomic mass is 9.87. The van der Waals surface area contributed by atoms with Gasteiger partial charge in [0.1, 0.15) is 17.3 Å². The van der Waals surface area contributed by atoms with Gasteiger partial charge < -0.3 is 9.64 Å². The summed E-state index contributed by atoms with van der Waals surface area (Å²) >= 11 is 0. The minimum atomic E-state index is -0.700. The summed E-state index contributed by atoms with van der Waals surface area (Å²) in [5, 5.41) is 6.39. The Bertz CT molecular complexity index is 719. The number of hydrogen-bond donors (Lipinski definition) is 2. The number of rotatable bonds is 4. The van der Waals surface area contributed by atoms with Crippen molar-refractivity contribution in [1.29, 1.82) is 0 Å². The van der Waals surface area contributed by atoms with Crippen molar-refractivity contribution >= 4 is 11.9 Å². The number of esters is 1. The first-order chi connectivity index (χ1) is 12.7. The van der Waals surface area contributed by atoms with Crippen molar-refractivity contribution in [3.63, 3.8) is 0 Å². The first-order valence-electron chi connectivity index (χ1n) is 9.91. The fourth-order valence-electron chi connectivity index (χ4n) is 4.20. The van der Waals surface area contributed by atoms with Crippen LogP contribution in [0.1, 0.15) is 71.0 Å². The lowest BCUT2D eigenvalue weighted by Crippen LogP contribution is -2.47. The highest BCUT2D eigenvalue weighted by atomic mass is 16.6. The molecule has 1 aromatic rings. The molecule has 2 aliphatic rings. The number of likely N-dealkylation sites (tertiary alicyclic amines) is 1. The molecule has 2 N–H and O–H groups in total. The van der Waals surface area contributed by atoms with E-state index in [1.54, 1.807) is 4.90 Å². The number of nitrogens with zero attached hydrogens (tertiary/aromatic N) is 2. The molecular formula is C19H30N4O4. The van der Waals surface area contributed by atoms with Gasteiger partial charge in [0.05, 0.1) is 0 Å². The summed E-state index contributed by atoms with van der Waals surface area (Å²) in [6.07, 6.45) is 5.37. The number of H-pyrrole nitrogens is 2. The Kier molecular flexibility index (Phi) is 5.72. The van der Waals surface area contributed by atoms with Gasteiger partial charge in [0.2, 0.25) is 5.91 Å². The second-order valence-electron chi connectivity index (χ2n) is 8.72. The molecule has 0 aromatic carbocycles. The minimum absolute atomic E-state index is 0.0766. The normalized spacial score (nSPS) is 20.6. The molecule has 1 atom stereocenters. The average molecular weight is 378 g/mol. The Balaban J connectivity index is 1.67. The van der Waals surface area contributed by atoms with E-state index in [4.69, 9.17) is 4.74 Å². The lowest BCUT2D eigenvalue weighted by molar-refractivity contribution is -0.167. The van der Waals surface area contributed by atoms with Crippen LogP contribution >= 0.6 is 0 Å². The third-order valence-electron chi connectivity index (χ3n) is 5.51. The van der Waals surface area contributed by atoms with Gasteiger partial charge in [0.15, 0.2) is 0 Å². The van der Waals surface area contributed by atoms with Gasteiger partial charge in [-0.25, -0.2) is 9.89 Å². The fraction of sp³-hybridized carbons (Fsp3) is 0.789. The topological polar surface area (TPSA) is 108 Å². The van der Waals surface area contributed by atoms with Gasteiger partial charge >= 0.3 is 11.7 Å². The summed E-state index contributed by atoms with van der Waals surface area (Å²) in [4.78, 5) is 41.7. The average Bonchev–Trinajstić information content (AvgIpc) is 3.25. The maximum absolute atomic E-state index is 13.2. The molecule has 2 fully saturated rings. The molecule has 3 rings (SSSR count). The molecule has 0 radical (unpaired) electrons. The number of nitrogens with one attached hydrogen (secondary N) is 2. The van der Waals surface area contributed by atoms with Crippen molar-refractivity contribution in [2.24, 2.45) is 11.8 Å². The van der Waals surface area contributed by atoms with Gasteiger partial charge in [-0.3, -0.25) is 14.6 Å². The number of aromatic nitrogens is 3. The molecule has 1 aliphatic carbocycles. The zero-order valence-electron chi connectivity index (χ0n) is 16.4. The van der Waals surface area contributed by atoms with Crippen LogP contribution in [0.4, 0.5) is 0 Å². The van der Waals surface area contributed by atoms with Crippen molar-refractivity contribution in [3.8, 4) is 0 Å². The smallest absolute Gasteiger partial charge is 0.340 e. The van der Waals surface area contributed by atoms with Crippen LogP contribution in [-0.4, -0.2) is 50.6 Å². The maximum atomic E-state index is 13.2. The SMILES string of the molecule is CC(C)(C)OC(=O)C(C(=O)N1CCC(c2n[nH]c(=O)[nH]2)CC1)C1CCCC1. The van der Waals surface area contributed by atoms with E-state index < -0.39 is 17.5 Å². The van der Waals surface area contributed by atoms with Crippen LogP contribution in [0.25, 0.3) is 0 Å². The predicted molar refractivity (Wildman–Crippen MR) is 99.1 cm³/mol. The molecule has 150 valence electrons. The number of aromatic amines is 2. The van der Waals surface area contributed by atoms with E-state index in [9.17, 15) is 14.4 Å². The quantitative estimate of drug-likeness (QED) is 0.615.